The molecule has 19 heavy (non-hydrogen) atoms. The van der Waals surface area contributed by atoms with Crippen LogP contribution in [0.25, 0.3) is 0 Å². The van der Waals surface area contributed by atoms with E-state index in [9.17, 15) is 0 Å². The van der Waals surface area contributed by atoms with E-state index in [0.717, 1.165) is 19.6 Å². The van der Waals surface area contributed by atoms with Crippen LogP contribution < -0.4 is 5.32 Å². The van der Waals surface area contributed by atoms with Crippen molar-refractivity contribution in [2.45, 2.75) is 53.2 Å². The number of ether oxygens (including phenoxy) is 1. The maximum atomic E-state index is 6.03. The van der Waals surface area contributed by atoms with Gasteiger partial charge in [-0.15, -0.1) is 0 Å². The monoisotopic (exact) mass is 264 g/mol. The molecule has 2 unspecified atom stereocenters. The summed E-state index contributed by atoms with van der Waals surface area (Å²) in [5.41, 5.74) is 1.28. The van der Waals surface area contributed by atoms with E-state index >= 15 is 0 Å². The van der Waals surface area contributed by atoms with Crippen molar-refractivity contribution >= 4 is 0 Å². The molecule has 1 heterocycles. The van der Waals surface area contributed by atoms with Crippen LogP contribution in [-0.4, -0.2) is 24.2 Å². The lowest BCUT2D eigenvalue weighted by molar-refractivity contribution is -0.0366. The Balaban J connectivity index is 2.99. The molecule has 0 bridgehead atoms. The molecule has 0 aliphatic carbocycles. The summed E-state index contributed by atoms with van der Waals surface area (Å²) in [4.78, 5) is 4.24. The summed E-state index contributed by atoms with van der Waals surface area (Å²) in [6.07, 6.45) is 4.99. The van der Waals surface area contributed by atoms with Crippen LogP contribution in [0, 0.1) is 5.41 Å². The maximum absolute atomic E-state index is 6.03. The molecule has 3 nitrogen and oxygen atoms in total. The predicted octanol–water partition coefficient (Wildman–Crippen LogP) is 3.57. The first kappa shape index (κ1) is 16.1. The van der Waals surface area contributed by atoms with Gasteiger partial charge in [0.1, 0.15) is 0 Å². The molecular formula is C16H28N2O. The quantitative estimate of drug-likeness (QED) is 0.817. The molecule has 1 rings (SSSR count). The van der Waals surface area contributed by atoms with Crippen LogP contribution in [0.4, 0.5) is 0 Å². The van der Waals surface area contributed by atoms with E-state index in [1.54, 1.807) is 0 Å². The lowest BCUT2D eigenvalue weighted by Gasteiger charge is -2.37. The molecule has 0 aliphatic heterocycles. The van der Waals surface area contributed by atoms with E-state index < -0.39 is 0 Å². The lowest BCUT2D eigenvalue weighted by Crippen LogP contribution is -2.42. The first-order valence-corrected chi connectivity index (χ1v) is 7.25. The van der Waals surface area contributed by atoms with E-state index in [4.69, 9.17) is 4.74 Å². The Morgan fingerprint density at radius 2 is 2.05 bits per heavy atom. The van der Waals surface area contributed by atoms with E-state index in [-0.39, 0.29) is 17.6 Å². The third-order valence-electron chi connectivity index (χ3n) is 3.16. The summed E-state index contributed by atoms with van der Waals surface area (Å²) >= 11 is 0. The summed E-state index contributed by atoms with van der Waals surface area (Å²) in [6, 6.07) is 4.30. The van der Waals surface area contributed by atoms with Gasteiger partial charge in [0.05, 0.1) is 12.1 Å². The molecule has 0 radical (unpaired) electrons. The van der Waals surface area contributed by atoms with Gasteiger partial charge in [-0.2, -0.15) is 0 Å². The third kappa shape index (κ3) is 4.92. The molecule has 0 aliphatic rings. The van der Waals surface area contributed by atoms with Gasteiger partial charge in [-0.05, 0) is 36.9 Å². The Hall–Kier alpha value is -0.930. The first-order chi connectivity index (χ1) is 9.00. The van der Waals surface area contributed by atoms with Gasteiger partial charge >= 0.3 is 0 Å². The Kier molecular flexibility index (Phi) is 6.46. The van der Waals surface area contributed by atoms with Crippen molar-refractivity contribution in [1.29, 1.82) is 0 Å². The van der Waals surface area contributed by atoms with Gasteiger partial charge in [0, 0.05) is 19.0 Å². The topological polar surface area (TPSA) is 34.2 Å². The van der Waals surface area contributed by atoms with Crippen LogP contribution in [0.5, 0.6) is 0 Å². The number of pyridine rings is 1. The van der Waals surface area contributed by atoms with Crippen molar-refractivity contribution in [2.24, 2.45) is 5.41 Å². The highest BCUT2D eigenvalue weighted by atomic mass is 16.5. The van der Waals surface area contributed by atoms with Gasteiger partial charge in [0.15, 0.2) is 0 Å². The Morgan fingerprint density at radius 1 is 1.32 bits per heavy atom. The highest BCUT2D eigenvalue weighted by Gasteiger charge is 2.33. The van der Waals surface area contributed by atoms with Crippen molar-refractivity contribution in [2.75, 3.05) is 13.2 Å². The van der Waals surface area contributed by atoms with Crippen LogP contribution in [0.15, 0.2) is 24.5 Å². The molecule has 1 aromatic rings. The van der Waals surface area contributed by atoms with E-state index in [0.29, 0.717) is 0 Å². The second-order valence-corrected chi connectivity index (χ2v) is 5.96. The SMILES string of the molecule is CCCNC(c1cccnc1)C(OCC)C(C)(C)C. The smallest absolute Gasteiger partial charge is 0.0818 e. The number of hydrogen-bond donors (Lipinski definition) is 1. The molecular weight excluding hydrogens is 236 g/mol. The van der Waals surface area contributed by atoms with E-state index in [1.807, 2.05) is 18.5 Å². The Labute approximate surface area is 117 Å². The summed E-state index contributed by atoms with van der Waals surface area (Å²) in [7, 11) is 0. The minimum atomic E-state index is 0.0806. The number of aromatic nitrogens is 1. The summed E-state index contributed by atoms with van der Waals surface area (Å²) in [5, 5.41) is 3.61. The highest BCUT2D eigenvalue weighted by Crippen LogP contribution is 2.32. The van der Waals surface area contributed by atoms with Gasteiger partial charge in [-0.1, -0.05) is 33.8 Å². The van der Waals surface area contributed by atoms with Crippen LogP contribution in [-0.2, 0) is 4.74 Å². The van der Waals surface area contributed by atoms with E-state index in [1.165, 1.54) is 5.56 Å². The van der Waals surface area contributed by atoms with Crippen molar-refractivity contribution in [3.63, 3.8) is 0 Å². The fourth-order valence-corrected chi connectivity index (χ4v) is 2.29. The molecule has 0 saturated heterocycles. The molecule has 1 N–H and O–H groups in total. The van der Waals surface area contributed by atoms with Gasteiger partial charge in [-0.25, -0.2) is 0 Å². The average molecular weight is 264 g/mol. The Bertz CT molecular complexity index is 346. The normalized spacial score (nSPS) is 15.2. The molecule has 0 fully saturated rings. The van der Waals surface area contributed by atoms with Crippen molar-refractivity contribution < 1.29 is 4.74 Å². The maximum Gasteiger partial charge on any atom is 0.0818 e. The minimum Gasteiger partial charge on any atom is -0.376 e. The highest BCUT2D eigenvalue weighted by molar-refractivity contribution is 5.16. The third-order valence-corrected chi connectivity index (χ3v) is 3.16. The van der Waals surface area contributed by atoms with Crippen molar-refractivity contribution in [1.82, 2.24) is 10.3 Å². The van der Waals surface area contributed by atoms with Crippen LogP contribution in [0.3, 0.4) is 0 Å². The number of rotatable bonds is 7. The predicted molar refractivity (Wildman–Crippen MR) is 80.1 cm³/mol. The zero-order chi connectivity index (χ0) is 14.3. The fraction of sp³-hybridized carbons (Fsp3) is 0.688. The van der Waals surface area contributed by atoms with Crippen molar-refractivity contribution in [3.05, 3.63) is 30.1 Å². The molecule has 0 amide bonds. The van der Waals surface area contributed by atoms with Gasteiger partial charge in [0.2, 0.25) is 0 Å². The van der Waals surface area contributed by atoms with Gasteiger partial charge in [0.25, 0.3) is 0 Å². The lowest BCUT2D eigenvalue weighted by atomic mass is 9.82. The molecule has 108 valence electrons. The second kappa shape index (κ2) is 7.61. The van der Waals surface area contributed by atoms with Crippen molar-refractivity contribution in [3.8, 4) is 0 Å². The average Bonchev–Trinajstić information content (AvgIpc) is 2.38. The molecule has 0 spiro atoms. The number of nitrogens with zero attached hydrogens (tertiary/aromatic N) is 1. The van der Waals surface area contributed by atoms with Crippen LogP contribution >= 0.6 is 0 Å². The summed E-state index contributed by atoms with van der Waals surface area (Å²) in [6.45, 7) is 12.6. The van der Waals surface area contributed by atoms with Gasteiger partial charge in [-0.3, -0.25) is 4.98 Å². The second-order valence-electron chi connectivity index (χ2n) is 5.96. The van der Waals surface area contributed by atoms with Crippen LogP contribution in [0.1, 0.15) is 52.6 Å². The molecule has 2 atom stereocenters. The Morgan fingerprint density at radius 3 is 2.53 bits per heavy atom. The molecule has 3 heteroatoms. The molecule has 1 aromatic heterocycles. The molecule has 0 aromatic carbocycles. The van der Waals surface area contributed by atoms with E-state index in [2.05, 4.69) is 51.0 Å². The molecule has 0 saturated carbocycles. The first-order valence-electron chi connectivity index (χ1n) is 7.25. The van der Waals surface area contributed by atoms with Crippen LogP contribution in [0.2, 0.25) is 0 Å². The summed E-state index contributed by atoms with van der Waals surface area (Å²) in [5.74, 6) is 0. The zero-order valence-corrected chi connectivity index (χ0v) is 12.9. The van der Waals surface area contributed by atoms with Gasteiger partial charge < -0.3 is 10.1 Å². The standard InChI is InChI=1S/C16H28N2O/c1-6-10-18-14(13-9-8-11-17-12-13)15(19-7-2)16(3,4)5/h8-9,11-12,14-15,18H,6-7,10H2,1-5H3. The minimum absolute atomic E-state index is 0.0806. The fourth-order valence-electron chi connectivity index (χ4n) is 2.29. The zero-order valence-electron chi connectivity index (χ0n) is 12.9. The number of nitrogens with one attached hydrogen (secondary N) is 1. The largest absolute Gasteiger partial charge is 0.376 e. The number of hydrogen-bond acceptors (Lipinski definition) is 3. The summed E-state index contributed by atoms with van der Waals surface area (Å²) < 4.78 is 6.03.